The second kappa shape index (κ2) is 37.6. The van der Waals surface area contributed by atoms with E-state index in [4.69, 9.17) is 17.2 Å². The third-order valence-corrected chi connectivity index (χ3v) is 16.2. The number of nitrogens with zero attached hydrogens (tertiary/aromatic N) is 2. The van der Waals surface area contributed by atoms with Gasteiger partial charge in [-0.05, 0) is 80.4 Å². The Kier molecular flexibility index (Phi) is 31.0. The van der Waals surface area contributed by atoms with Crippen molar-refractivity contribution >= 4 is 70.9 Å². The molecule has 29 nitrogen and oxygen atoms in total. The maximum absolute atomic E-state index is 14.9. The Morgan fingerprint density at radius 1 is 0.570 bits per heavy atom. The maximum atomic E-state index is 14.9. The van der Waals surface area contributed by atoms with Gasteiger partial charge in [0.25, 0.3) is 0 Å². The lowest BCUT2D eigenvalue weighted by molar-refractivity contribution is -0.151. The van der Waals surface area contributed by atoms with Gasteiger partial charge in [-0.2, -0.15) is 0 Å². The number of hydrogen-bond acceptors (Lipinski definition) is 16. The van der Waals surface area contributed by atoms with Gasteiger partial charge >= 0.3 is 5.97 Å². The molecule has 2 aromatic carbocycles. The van der Waals surface area contributed by atoms with Crippen LogP contribution in [0.3, 0.4) is 0 Å². The maximum Gasteiger partial charge on any atom is 0.326 e. The van der Waals surface area contributed by atoms with E-state index < -0.39 is 168 Å². The molecule has 512 valence electrons. The molecule has 29 heteroatoms. The van der Waals surface area contributed by atoms with Crippen molar-refractivity contribution in [2.45, 2.75) is 199 Å². The number of hydrogen-bond donors (Lipinski definition) is 15. The van der Waals surface area contributed by atoms with E-state index in [0.29, 0.717) is 29.7 Å². The molecule has 3 aromatic rings. The first-order valence-corrected chi connectivity index (χ1v) is 31.7. The summed E-state index contributed by atoms with van der Waals surface area (Å²) in [6, 6.07) is 2.14. The van der Waals surface area contributed by atoms with Crippen molar-refractivity contribution in [2.75, 3.05) is 13.1 Å². The second-order valence-corrected chi connectivity index (χ2v) is 24.8. The first kappa shape index (κ1) is 76.6. The van der Waals surface area contributed by atoms with Gasteiger partial charge in [-0.25, -0.2) is 9.78 Å². The van der Waals surface area contributed by atoms with Crippen LogP contribution in [0.1, 0.15) is 124 Å². The Morgan fingerprint density at radius 3 is 1.47 bits per heavy atom. The highest BCUT2D eigenvalue weighted by Gasteiger charge is 2.42. The van der Waals surface area contributed by atoms with Crippen LogP contribution in [0, 0.1) is 23.7 Å². The monoisotopic (exact) mass is 1300 g/mol. The Labute approximate surface area is 542 Å². The predicted molar refractivity (Wildman–Crippen MR) is 343 cm³/mol. The minimum Gasteiger partial charge on any atom is -0.480 e. The van der Waals surface area contributed by atoms with Crippen molar-refractivity contribution < 1.29 is 67.7 Å². The minimum absolute atomic E-state index is 0.0777. The van der Waals surface area contributed by atoms with E-state index in [2.05, 4.69) is 57.8 Å². The van der Waals surface area contributed by atoms with Crippen molar-refractivity contribution in [3.63, 3.8) is 0 Å². The predicted octanol–water partition coefficient (Wildman–Crippen LogP) is -1.40. The zero-order chi connectivity index (χ0) is 69.2. The van der Waals surface area contributed by atoms with E-state index in [1.54, 1.807) is 116 Å². The SMILES string of the molecule is CC[C@H](C)[C@H](NC(=O)[C@@H](CC(N)=O)NC(=O)[C@H](CCCCN)NC(=O)[C@H](Cc1ccccc1)NC(=O)[C@H](Cc1ccccc1)NC(=O)[C@H](Cc1cnc[nH]1)NC(=O)[C@@H](NC(=O)[C@@H](N)C(C)C)C(C)C)C(=O)N[C@H](C(=O)N[C@H](C(=O)N1CCC[C@H]1C(=O)O)[C@@H](C)O)C(C)C. The molecule has 11 amide bonds. The van der Waals surface area contributed by atoms with E-state index in [9.17, 15) is 67.7 Å². The summed E-state index contributed by atoms with van der Waals surface area (Å²) in [5, 5.41) is 44.3. The number of rotatable bonds is 38. The average molecular weight is 1300 g/mol. The molecule has 0 radical (unpaired) electrons. The van der Waals surface area contributed by atoms with Crippen LogP contribution in [0.2, 0.25) is 0 Å². The molecule has 1 saturated heterocycles. The van der Waals surface area contributed by atoms with Gasteiger partial charge in [0.15, 0.2) is 0 Å². The molecule has 1 aliphatic heterocycles. The van der Waals surface area contributed by atoms with E-state index in [-0.39, 0.29) is 64.0 Å². The summed E-state index contributed by atoms with van der Waals surface area (Å²) in [7, 11) is 0. The molecule has 93 heavy (non-hydrogen) atoms. The highest BCUT2D eigenvalue weighted by Crippen LogP contribution is 2.21. The van der Waals surface area contributed by atoms with Crippen LogP contribution in [0.15, 0.2) is 73.2 Å². The van der Waals surface area contributed by atoms with Gasteiger partial charge in [0.2, 0.25) is 65.0 Å². The number of likely N-dealkylation sites (tertiary alicyclic amines) is 1. The van der Waals surface area contributed by atoms with Gasteiger partial charge in [-0.1, -0.05) is 122 Å². The van der Waals surface area contributed by atoms with Crippen LogP contribution in [0.4, 0.5) is 0 Å². The number of benzene rings is 2. The van der Waals surface area contributed by atoms with Gasteiger partial charge < -0.3 is 85.1 Å². The summed E-state index contributed by atoms with van der Waals surface area (Å²) in [4.78, 5) is 175. The fourth-order valence-electron chi connectivity index (χ4n) is 10.4. The number of carboxylic acid groups (broad SMARTS) is 1. The first-order valence-electron chi connectivity index (χ1n) is 31.7. The molecule has 1 aliphatic rings. The summed E-state index contributed by atoms with van der Waals surface area (Å²) in [5.41, 5.74) is 19.2. The summed E-state index contributed by atoms with van der Waals surface area (Å²) >= 11 is 0. The molecule has 18 N–H and O–H groups in total. The number of aromatic amines is 1. The molecule has 1 fully saturated rings. The summed E-state index contributed by atoms with van der Waals surface area (Å²) in [5.74, 6) is -12.8. The quantitative estimate of drug-likeness (QED) is 0.0294. The molecule has 1 aromatic heterocycles. The Balaban J connectivity index is 1.64. The Bertz CT molecular complexity index is 2990. The molecule has 4 rings (SSSR count). The summed E-state index contributed by atoms with van der Waals surface area (Å²) in [6.07, 6.45) is 1.53. The molecular weight excluding hydrogens is 1200 g/mol. The third kappa shape index (κ3) is 24.0. The van der Waals surface area contributed by atoms with Crippen LogP contribution < -0.4 is 65.1 Å². The topological polar surface area (TPSA) is 464 Å². The molecule has 0 saturated carbocycles. The van der Waals surface area contributed by atoms with Gasteiger partial charge in [0, 0.05) is 37.7 Å². The largest absolute Gasteiger partial charge is 0.480 e. The van der Waals surface area contributed by atoms with Gasteiger partial charge in [0.1, 0.15) is 60.4 Å². The second-order valence-electron chi connectivity index (χ2n) is 24.8. The smallest absolute Gasteiger partial charge is 0.326 e. The number of aromatic nitrogens is 2. The Morgan fingerprint density at radius 2 is 1.01 bits per heavy atom. The average Bonchev–Trinajstić information content (AvgIpc) is 1.85. The van der Waals surface area contributed by atoms with Crippen LogP contribution in [-0.2, 0) is 76.8 Å². The zero-order valence-electron chi connectivity index (χ0n) is 54.6. The molecule has 13 atom stereocenters. The third-order valence-electron chi connectivity index (χ3n) is 16.2. The molecule has 0 spiro atoms. The molecule has 0 bridgehead atoms. The number of unbranched alkanes of at least 4 members (excludes halogenated alkanes) is 1. The number of nitrogens with one attached hydrogen (secondary N) is 10. The lowest BCUT2D eigenvalue weighted by Crippen LogP contribution is -2.63. The first-order chi connectivity index (χ1) is 44.0. The highest BCUT2D eigenvalue weighted by atomic mass is 16.4. The Hall–Kier alpha value is -8.83. The number of H-pyrrole nitrogens is 1. The fraction of sp³-hybridized carbons (Fsp3) is 0.578. The van der Waals surface area contributed by atoms with E-state index in [0.717, 1.165) is 4.90 Å². The van der Waals surface area contributed by atoms with E-state index in [1.807, 2.05) is 0 Å². The molecule has 0 aliphatic carbocycles. The van der Waals surface area contributed by atoms with Crippen LogP contribution in [0.5, 0.6) is 0 Å². The normalized spacial score (nSPS) is 16.9. The number of carbonyl (C=O) groups is 12. The highest BCUT2D eigenvalue weighted by molar-refractivity contribution is 6.00. The number of aliphatic hydroxyl groups excluding tert-OH is 1. The lowest BCUT2D eigenvalue weighted by Gasteiger charge is -2.32. The molecule has 2 heterocycles. The molecular formula is C64H97N15O14. The minimum atomic E-state index is -1.76. The van der Waals surface area contributed by atoms with E-state index in [1.165, 1.54) is 19.4 Å². The molecule has 0 unspecified atom stereocenters. The standard InChI is InChI=1S/C64H97N15O14/c1-10-37(8)52(62(90)76-51(36(6)7)61(89)78-53(38(9)80)63(91)79-27-19-25-47(79)64(92)93)77-58(86)46(31-48(66)81)73-54(82)42(24-17-18-26-65)70-55(83)43(28-39-20-13-11-14-21-39)71-56(84)44(29-40-22-15-12-16-23-40)72-57(85)45(30-41-32-68-33-69-41)74-60(88)50(35(4)5)75-59(87)49(67)34(2)3/h11-16,20-23,32-38,42-47,49-53,80H,10,17-19,24-31,65,67H2,1-9H3,(H2,66,81)(H,68,69)(H,70,83)(H,71,84)(H,72,85)(H,73,82)(H,74,88)(H,75,87)(H,76,90)(H,77,86)(H,78,89)(H,92,93)/t37-,38+,42-,43-,44-,45-,46+,47-,49-,50-,51-,52-,53-/m0/s1. The zero-order valence-corrected chi connectivity index (χ0v) is 54.6. The van der Waals surface area contributed by atoms with Gasteiger partial charge in [-0.15, -0.1) is 0 Å². The number of aliphatic carboxylic acids is 1. The van der Waals surface area contributed by atoms with Crippen molar-refractivity contribution in [3.05, 3.63) is 90.0 Å². The number of primary amides is 1. The van der Waals surface area contributed by atoms with E-state index >= 15 is 0 Å². The number of carbonyl (C=O) groups excluding carboxylic acids is 11. The number of amides is 11. The van der Waals surface area contributed by atoms with Crippen molar-refractivity contribution in [1.82, 2.24) is 62.7 Å². The number of nitrogens with two attached hydrogens (primary N) is 3. The van der Waals surface area contributed by atoms with Crippen LogP contribution in [0.25, 0.3) is 0 Å². The number of imidazole rings is 1. The van der Waals surface area contributed by atoms with Crippen molar-refractivity contribution in [1.29, 1.82) is 0 Å². The van der Waals surface area contributed by atoms with Crippen molar-refractivity contribution in [2.24, 2.45) is 40.9 Å². The van der Waals surface area contributed by atoms with Gasteiger partial charge in [0.05, 0.1) is 24.9 Å². The van der Waals surface area contributed by atoms with Crippen LogP contribution in [-0.4, -0.2) is 182 Å². The number of carboxylic acids is 1. The van der Waals surface area contributed by atoms with Crippen molar-refractivity contribution in [3.8, 4) is 0 Å². The number of aliphatic hydroxyl groups is 1. The summed E-state index contributed by atoms with van der Waals surface area (Å²) in [6.45, 7) is 15.0. The summed E-state index contributed by atoms with van der Waals surface area (Å²) < 4.78 is 0. The van der Waals surface area contributed by atoms with Gasteiger partial charge in [-0.3, -0.25) is 52.7 Å². The van der Waals surface area contributed by atoms with Crippen LogP contribution >= 0.6 is 0 Å². The fourth-order valence-corrected chi connectivity index (χ4v) is 10.4. The lowest BCUT2D eigenvalue weighted by atomic mass is 9.95.